The number of nitrogens with one attached hydrogen (secondary N) is 1. The van der Waals surface area contributed by atoms with Gasteiger partial charge in [-0.25, -0.2) is 4.98 Å². The fraction of sp³-hybridized carbons (Fsp3) is 0.769. The molecule has 1 N–H and O–H groups in total. The number of aromatic nitrogens is 2. The number of piperazine rings is 1. The Bertz CT molecular complexity index is 398. The molecule has 2 heterocycles. The average molecular weight is 330 g/mol. The molecule has 0 bridgehead atoms. The fourth-order valence-electron chi connectivity index (χ4n) is 2.64. The molecule has 1 saturated heterocycles. The van der Waals surface area contributed by atoms with E-state index in [4.69, 9.17) is 0 Å². The van der Waals surface area contributed by atoms with Gasteiger partial charge in [0.25, 0.3) is 0 Å². The van der Waals surface area contributed by atoms with Gasteiger partial charge in [0, 0.05) is 39.8 Å². The minimum absolute atomic E-state index is 0.347. The minimum atomic E-state index is 0.347. The summed E-state index contributed by atoms with van der Waals surface area (Å²) in [5, 5.41) is 3.30. The van der Waals surface area contributed by atoms with Crippen LogP contribution in [0.4, 0.5) is 0 Å². The summed E-state index contributed by atoms with van der Waals surface area (Å²) in [5.74, 6) is 0. The van der Waals surface area contributed by atoms with Crippen LogP contribution in [0.3, 0.4) is 0 Å². The van der Waals surface area contributed by atoms with Crippen molar-refractivity contribution in [3.63, 3.8) is 0 Å². The van der Waals surface area contributed by atoms with E-state index in [1.165, 1.54) is 0 Å². The van der Waals surface area contributed by atoms with Crippen LogP contribution >= 0.6 is 15.9 Å². The van der Waals surface area contributed by atoms with Crippen molar-refractivity contribution in [3.8, 4) is 0 Å². The lowest BCUT2D eigenvalue weighted by Gasteiger charge is -2.38. The van der Waals surface area contributed by atoms with E-state index in [1.807, 2.05) is 25.0 Å². The van der Waals surface area contributed by atoms with Gasteiger partial charge in [0.2, 0.25) is 0 Å². The molecule has 6 heteroatoms. The third-order valence-electron chi connectivity index (χ3n) is 3.90. The molecule has 0 spiro atoms. The Morgan fingerprint density at radius 3 is 2.53 bits per heavy atom. The number of aryl methyl sites for hydroxylation is 1. The normalized spacial score (nSPS) is 19.8. The number of halogens is 1. The fourth-order valence-corrected chi connectivity index (χ4v) is 3.10. The number of likely N-dealkylation sites (N-methyl/N-ethyl adjacent to an activating group) is 2. The zero-order chi connectivity index (χ0) is 13.8. The van der Waals surface area contributed by atoms with Gasteiger partial charge in [-0.05, 0) is 29.5 Å². The molecule has 108 valence electrons. The highest BCUT2D eigenvalue weighted by Crippen LogP contribution is 2.26. The van der Waals surface area contributed by atoms with Gasteiger partial charge in [0.05, 0.1) is 18.1 Å². The van der Waals surface area contributed by atoms with Crippen LogP contribution in [0, 0.1) is 0 Å². The number of imidazole rings is 1. The van der Waals surface area contributed by atoms with Crippen LogP contribution in [0.15, 0.2) is 10.9 Å². The van der Waals surface area contributed by atoms with Crippen molar-refractivity contribution in [2.45, 2.75) is 13.0 Å². The van der Waals surface area contributed by atoms with Crippen LogP contribution in [-0.2, 0) is 7.05 Å². The quantitative estimate of drug-likeness (QED) is 0.877. The SMILES string of the molecule is CCN1CCN(C(CNC)c2ncn(C)c2Br)CC1. The zero-order valence-corrected chi connectivity index (χ0v) is 13.7. The highest BCUT2D eigenvalue weighted by molar-refractivity contribution is 9.10. The Morgan fingerprint density at radius 1 is 1.37 bits per heavy atom. The maximum absolute atomic E-state index is 4.57. The van der Waals surface area contributed by atoms with Crippen molar-refractivity contribution in [2.75, 3.05) is 46.3 Å². The molecular formula is C13H24BrN5. The Labute approximate surface area is 124 Å². The molecule has 1 aliphatic rings. The molecule has 0 saturated carbocycles. The van der Waals surface area contributed by atoms with Crippen LogP contribution in [0.5, 0.6) is 0 Å². The first-order valence-corrected chi connectivity index (χ1v) is 7.74. The van der Waals surface area contributed by atoms with E-state index in [-0.39, 0.29) is 0 Å². The predicted octanol–water partition coefficient (Wildman–Crippen LogP) is 1.08. The monoisotopic (exact) mass is 329 g/mol. The molecule has 1 aliphatic heterocycles. The second-order valence-electron chi connectivity index (χ2n) is 5.08. The van der Waals surface area contributed by atoms with Crippen LogP contribution in [0.2, 0.25) is 0 Å². The largest absolute Gasteiger partial charge is 0.328 e. The van der Waals surface area contributed by atoms with Gasteiger partial charge in [0.1, 0.15) is 4.60 Å². The topological polar surface area (TPSA) is 36.3 Å². The summed E-state index contributed by atoms with van der Waals surface area (Å²) in [5.41, 5.74) is 1.14. The van der Waals surface area contributed by atoms with Gasteiger partial charge >= 0.3 is 0 Å². The third-order valence-corrected chi connectivity index (χ3v) is 4.86. The first-order chi connectivity index (χ1) is 9.17. The van der Waals surface area contributed by atoms with E-state index in [1.54, 1.807) is 0 Å². The molecule has 1 unspecified atom stereocenters. The van der Waals surface area contributed by atoms with E-state index in [0.29, 0.717) is 6.04 Å². The molecule has 19 heavy (non-hydrogen) atoms. The summed E-state index contributed by atoms with van der Waals surface area (Å²) in [6.07, 6.45) is 1.88. The smallest absolute Gasteiger partial charge is 0.109 e. The van der Waals surface area contributed by atoms with Gasteiger partial charge < -0.3 is 14.8 Å². The Balaban J connectivity index is 2.10. The molecular weight excluding hydrogens is 306 g/mol. The summed E-state index contributed by atoms with van der Waals surface area (Å²) in [6, 6.07) is 0.347. The van der Waals surface area contributed by atoms with Crippen LogP contribution in [0.25, 0.3) is 0 Å². The summed E-state index contributed by atoms with van der Waals surface area (Å²) in [4.78, 5) is 9.61. The second kappa shape index (κ2) is 6.83. The summed E-state index contributed by atoms with van der Waals surface area (Å²) in [7, 11) is 4.03. The van der Waals surface area contributed by atoms with Gasteiger partial charge in [0.15, 0.2) is 0 Å². The molecule has 1 fully saturated rings. The maximum atomic E-state index is 4.57. The summed E-state index contributed by atoms with van der Waals surface area (Å²) >= 11 is 3.65. The highest BCUT2D eigenvalue weighted by atomic mass is 79.9. The molecule has 1 aromatic heterocycles. The summed E-state index contributed by atoms with van der Waals surface area (Å²) in [6.45, 7) is 8.85. The molecule has 0 aromatic carbocycles. The van der Waals surface area contributed by atoms with Gasteiger partial charge in [-0.1, -0.05) is 6.92 Å². The first-order valence-electron chi connectivity index (χ1n) is 6.95. The zero-order valence-electron chi connectivity index (χ0n) is 12.1. The highest BCUT2D eigenvalue weighted by Gasteiger charge is 2.27. The Hall–Kier alpha value is -0.430. The number of hydrogen-bond acceptors (Lipinski definition) is 4. The third kappa shape index (κ3) is 3.37. The molecule has 1 atom stereocenters. The molecule has 0 radical (unpaired) electrons. The van der Waals surface area contributed by atoms with E-state index in [0.717, 1.165) is 49.6 Å². The predicted molar refractivity (Wildman–Crippen MR) is 81.3 cm³/mol. The van der Waals surface area contributed by atoms with Crippen molar-refractivity contribution in [1.29, 1.82) is 0 Å². The van der Waals surface area contributed by atoms with Crippen molar-refractivity contribution >= 4 is 15.9 Å². The number of rotatable bonds is 5. The van der Waals surface area contributed by atoms with Crippen LogP contribution < -0.4 is 5.32 Å². The maximum Gasteiger partial charge on any atom is 0.109 e. The minimum Gasteiger partial charge on any atom is -0.328 e. The van der Waals surface area contributed by atoms with E-state index < -0.39 is 0 Å². The van der Waals surface area contributed by atoms with E-state index in [2.05, 4.69) is 43.0 Å². The standard InChI is InChI=1S/C13H24BrN5/c1-4-18-5-7-19(8-6-18)11(9-15-2)12-13(14)17(3)10-16-12/h10-11,15H,4-9H2,1-3H3. The lowest BCUT2D eigenvalue weighted by molar-refractivity contribution is 0.0972. The van der Waals surface area contributed by atoms with Gasteiger partial charge in [-0.15, -0.1) is 0 Å². The molecule has 0 aliphatic carbocycles. The Kier molecular flexibility index (Phi) is 5.38. The summed E-state index contributed by atoms with van der Waals surface area (Å²) < 4.78 is 3.12. The number of nitrogens with zero attached hydrogens (tertiary/aromatic N) is 4. The molecule has 0 amide bonds. The molecule has 2 rings (SSSR count). The number of hydrogen-bond donors (Lipinski definition) is 1. The average Bonchev–Trinajstić information content (AvgIpc) is 2.77. The first kappa shape index (κ1) is 15.0. The second-order valence-corrected chi connectivity index (χ2v) is 5.83. The molecule has 5 nitrogen and oxygen atoms in total. The van der Waals surface area contributed by atoms with Crippen molar-refractivity contribution in [2.24, 2.45) is 7.05 Å². The lowest BCUT2D eigenvalue weighted by Crippen LogP contribution is -2.49. The van der Waals surface area contributed by atoms with E-state index >= 15 is 0 Å². The van der Waals surface area contributed by atoms with Gasteiger partial charge in [-0.3, -0.25) is 4.90 Å². The van der Waals surface area contributed by atoms with Crippen molar-refractivity contribution in [3.05, 3.63) is 16.6 Å². The van der Waals surface area contributed by atoms with E-state index in [9.17, 15) is 0 Å². The lowest BCUT2D eigenvalue weighted by atomic mass is 10.1. The van der Waals surface area contributed by atoms with Crippen LogP contribution in [-0.4, -0.2) is 65.7 Å². The molecule has 1 aromatic rings. The van der Waals surface area contributed by atoms with Crippen LogP contribution in [0.1, 0.15) is 18.7 Å². The van der Waals surface area contributed by atoms with Crippen molar-refractivity contribution in [1.82, 2.24) is 24.7 Å². The van der Waals surface area contributed by atoms with Gasteiger partial charge in [-0.2, -0.15) is 0 Å². The van der Waals surface area contributed by atoms with Crippen molar-refractivity contribution < 1.29 is 0 Å². The Morgan fingerprint density at radius 2 is 2.05 bits per heavy atom.